The van der Waals surface area contributed by atoms with Gasteiger partial charge in [-0.15, -0.1) is 0 Å². The first kappa shape index (κ1) is 20.5. The smallest absolute Gasteiger partial charge is 0.329 e. The molecule has 0 unspecified atom stereocenters. The highest BCUT2D eigenvalue weighted by atomic mass is 32.2. The Morgan fingerprint density at radius 1 is 1.00 bits per heavy atom. The third-order valence-electron chi connectivity index (χ3n) is 4.67. The number of oxazole rings is 1. The van der Waals surface area contributed by atoms with Gasteiger partial charge in [-0.1, -0.05) is 30.3 Å². The number of benzene rings is 3. The second kappa shape index (κ2) is 8.93. The molecule has 31 heavy (non-hydrogen) atoms. The maximum atomic E-state index is 12.4. The summed E-state index contributed by atoms with van der Waals surface area (Å²) in [4.78, 5) is 29.3. The fourth-order valence-electron chi connectivity index (χ4n) is 3.10. The number of methoxy groups -OCH3 is 1. The summed E-state index contributed by atoms with van der Waals surface area (Å²) in [6.07, 6.45) is 0. The predicted molar refractivity (Wildman–Crippen MR) is 121 cm³/mol. The Morgan fingerprint density at radius 3 is 2.58 bits per heavy atom. The Hall–Kier alpha value is -3.78. The van der Waals surface area contributed by atoms with Gasteiger partial charge in [-0.25, -0.2) is 9.78 Å². The Labute approximate surface area is 182 Å². The minimum atomic E-state index is -0.522. The van der Waals surface area contributed by atoms with Crippen LogP contribution in [0.5, 0.6) is 5.75 Å². The molecule has 1 heterocycles. The Morgan fingerprint density at radius 2 is 1.77 bits per heavy atom. The van der Waals surface area contributed by atoms with E-state index in [0.717, 1.165) is 16.6 Å². The topological polar surface area (TPSA) is 93.5 Å². The Bertz CT molecular complexity index is 1240. The van der Waals surface area contributed by atoms with Gasteiger partial charge in [0.2, 0.25) is 11.0 Å². The summed E-state index contributed by atoms with van der Waals surface area (Å²) in [5.41, 5.74) is 3.99. The molecule has 0 saturated heterocycles. The Kier molecular flexibility index (Phi) is 5.90. The number of hydrogen-bond acceptors (Lipinski definition) is 6. The number of urea groups is 1. The van der Waals surface area contributed by atoms with Crippen LogP contribution in [0.4, 0.5) is 10.5 Å². The molecule has 0 aliphatic carbocycles. The number of fused-ring (bicyclic) bond motifs is 1. The first-order valence-corrected chi connectivity index (χ1v) is 10.2. The van der Waals surface area contributed by atoms with E-state index in [1.54, 1.807) is 36.4 Å². The van der Waals surface area contributed by atoms with Crippen LogP contribution in [0.1, 0.15) is 15.9 Å². The van der Waals surface area contributed by atoms with Crippen LogP contribution in [-0.4, -0.2) is 23.2 Å². The third kappa shape index (κ3) is 4.39. The number of anilines is 1. The number of aromatic nitrogens is 1. The summed E-state index contributed by atoms with van der Waals surface area (Å²) in [5, 5.41) is 2.44. The molecule has 0 spiro atoms. The van der Waals surface area contributed by atoms with Crippen molar-refractivity contribution in [2.24, 2.45) is 0 Å². The van der Waals surface area contributed by atoms with E-state index in [1.165, 1.54) is 7.11 Å². The van der Waals surface area contributed by atoms with Crippen LogP contribution >= 0.6 is 11.9 Å². The fraction of sp³-hybridized carbons (Fsp3) is 0.0870. The number of amides is 2. The van der Waals surface area contributed by atoms with Crippen LogP contribution in [0.25, 0.3) is 22.6 Å². The van der Waals surface area contributed by atoms with Crippen molar-refractivity contribution in [1.82, 2.24) is 9.71 Å². The van der Waals surface area contributed by atoms with Crippen LogP contribution in [0.3, 0.4) is 0 Å². The average Bonchev–Trinajstić information content (AvgIpc) is 3.23. The van der Waals surface area contributed by atoms with Gasteiger partial charge in [0.25, 0.3) is 0 Å². The largest absolute Gasteiger partial charge is 0.496 e. The molecule has 0 saturated carbocycles. The molecule has 0 radical (unpaired) electrons. The second-order valence-electron chi connectivity index (χ2n) is 6.61. The average molecular weight is 433 g/mol. The zero-order valence-corrected chi connectivity index (χ0v) is 17.7. The van der Waals surface area contributed by atoms with Crippen molar-refractivity contribution >= 4 is 39.9 Å². The SMILES string of the molecule is COc1ccccc1C(=O)SNC(=O)Nc1cccc(-c2nc3ccccc3o2)c1C. The van der Waals surface area contributed by atoms with Gasteiger partial charge in [0.15, 0.2) is 5.58 Å². The van der Waals surface area contributed by atoms with Crippen molar-refractivity contribution in [2.75, 3.05) is 12.4 Å². The number of nitrogens with one attached hydrogen (secondary N) is 2. The number of rotatable bonds is 4. The zero-order chi connectivity index (χ0) is 21.8. The minimum Gasteiger partial charge on any atom is -0.496 e. The third-order valence-corrected chi connectivity index (χ3v) is 5.36. The fourth-order valence-corrected chi connectivity index (χ4v) is 3.61. The van der Waals surface area contributed by atoms with Crippen molar-refractivity contribution in [3.63, 3.8) is 0 Å². The highest BCUT2D eigenvalue weighted by Crippen LogP contribution is 2.30. The molecular formula is C23H19N3O4S. The van der Waals surface area contributed by atoms with E-state index in [-0.39, 0.29) is 5.12 Å². The summed E-state index contributed by atoms with van der Waals surface area (Å²) < 4.78 is 13.5. The van der Waals surface area contributed by atoms with Crippen LogP contribution in [0.2, 0.25) is 0 Å². The lowest BCUT2D eigenvalue weighted by Crippen LogP contribution is -2.24. The molecule has 0 bridgehead atoms. The number of ether oxygens (including phenoxy) is 1. The van der Waals surface area contributed by atoms with Gasteiger partial charge in [0.1, 0.15) is 11.3 Å². The predicted octanol–water partition coefficient (Wildman–Crippen LogP) is 5.42. The molecule has 7 nitrogen and oxygen atoms in total. The van der Waals surface area contributed by atoms with E-state index in [4.69, 9.17) is 9.15 Å². The lowest BCUT2D eigenvalue weighted by molar-refractivity contribution is 0.108. The summed E-state index contributed by atoms with van der Waals surface area (Å²) >= 11 is 0.684. The van der Waals surface area contributed by atoms with Crippen molar-refractivity contribution < 1.29 is 18.7 Å². The monoisotopic (exact) mass is 433 g/mol. The van der Waals surface area contributed by atoms with Gasteiger partial charge in [0, 0.05) is 23.2 Å². The van der Waals surface area contributed by atoms with Gasteiger partial charge in [-0.2, -0.15) is 0 Å². The first-order chi connectivity index (χ1) is 15.1. The molecule has 0 fully saturated rings. The molecule has 156 valence electrons. The summed E-state index contributed by atoms with van der Waals surface area (Å²) in [6, 6.07) is 19.3. The van der Waals surface area contributed by atoms with Crippen LogP contribution in [0.15, 0.2) is 71.1 Å². The Balaban J connectivity index is 1.46. The number of carbonyl (C=O) groups excluding carboxylic acids is 2. The molecule has 4 aromatic rings. The van der Waals surface area contributed by atoms with Crippen molar-refractivity contribution in [2.45, 2.75) is 6.92 Å². The highest BCUT2D eigenvalue weighted by Gasteiger charge is 2.16. The number of carbonyl (C=O) groups is 2. The maximum absolute atomic E-state index is 12.4. The first-order valence-electron chi connectivity index (χ1n) is 9.43. The van der Waals surface area contributed by atoms with Gasteiger partial charge < -0.3 is 14.5 Å². The van der Waals surface area contributed by atoms with E-state index < -0.39 is 6.03 Å². The molecule has 0 aliphatic heterocycles. The summed E-state index contributed by atoms with van der Waals surface area (Å²) in [5.74, 6) is 0.924. The molecule has 1 aromatic heterocycles. The van der Waals surface area contributed by atoms with Gasteiger partial charge in [0.05, 0.1) is 12.7 Å². The second-order valence-corrected chi connectivity index (χ2v) is 7.39. The van der Waals surface area contributed by atoms with Gasteiger partial charge >= 0.3 is 6.03 Å². The number of nitrogens with zero attached hydrogens (tertiary/aromatic N) is 1. The molecular weight excluding hydrogens is 414 g/mol. The summed E-state index contributed by atoms with van der Waals surface area (Å²) in [6.45, 7) is 1.87. The maximum Gasteiger partial charge on any atom is 0.329 e. The van der Waals surface area contributed by atoms with Gasteiger partial charge in [-0.05, 0) is 48.9 Å². The van der Waals surface area contributed by atoms with E-state index in [1.807, 2.05) is 37.3 Å². The van der Waals surface area contributed by atoms with Gasteiger partial charge in [-0.3, -0.25) is 9.52 Å². The number of para-hydroxylation sites is 3. The molecule has 4 rings (SSSR count). The zero-order valence-electron chi connectivity index (χ0n) is 16.8. The van der Waals surface area contributed by atoms with E-state index in [9.17, 15) is 9.59 Å². The standard InChI is InChI=1S/C23H19N3O4S/c1-14-15(21-24-18-10-4-6-13-20(18)30-21)9-7-11-17(14)25-23(28)26-31-22(27)16-8-3-5-12-19(16)29-2/h3-13H,1-2H3,(H2,25,26,28). The molecule has 8 heteroatoms. The van der Waals surface area contributed by atoms with E-state index >= 15 is 0 Å². The normalized spacial score (nSPS) is 10.6. The van der Waals surface area contributed by atoms with Crippen LogP contribution in [0, 0.1) is 6.92 Å². The number of hydrogen-bond donors (Lipinski definition) is 2. The molecule has 0 atom stereocenters. The lowest BCUT2D eigenvalue weighted by Gasteiger charge is -2.11. The molecule has 2 N–H and O–H groups in total. The van der Waals surface area contributed by atoms with Crippen molar-refractivity contribution in [1.29, 1.82) is 0 Å². The highest BCUT2D eigenvalue weighted by molar-refractivity contribution is 8.12. The summed E-state index contributed by atoms with van der Waals surface area (Å²) in [7, 11) is 1.49. The van der Waals surface area contributed by atoms with Crippen molar-refractivity contribution in [3.05, 3.63) is 77.9 Å². The minimum absolute atomic E-state index is 0.329. The lowest BCUT2D eigenvalue weighted by atomic mass is 10.1. The van der Waals surface area contributed by atoms with E-state index in [2.05, 4.69) is 15.0 Å². The molecule has 3 aromatic carbocycles. The van der Waals surface area contributed by atoms with Crippen LogP contribution < -0.4 is 14.8 Å². The van der Waals surface area contributed by atoms with Crippen LogP contribution in [-0.2, 0) is 0 Å². The van der Waals surface area contributed by atoms with E-state index in [0.29, 0.717) is 40.4 Å². The molecule has 2 amide bonds. The molecule has 0 aliphatic rings. The quantitative estimate of drug-likeness (QED) is 0.417. The van der Waals surface area contributed by atoms with Crippen molar-refractivity contribution in [3.8, 4) is 17.2 Å².